The molecule has 6 bridgehead atoms. The Morgan fingerprint density at radius 3 is 2.77 bits per heavy atom. The van der Waals surface area contributed by atoms with Gasteiger partial charge in [0.05, 0.1) is 0 Å². The summed E-state index contributed by atoms with van der Waals surface area (Å²) in [5.41, 5.74) is 2.29. The van der Waals surface area contributed by atoms with Crippen molar-refractivity contribution in [3.05, 3.63) is 35.2 Å². The number of anilines is 2. The lowest BCUT2D eigenvalue weighted by Crippen LogP contribution is -2.32. The zero-order valence-electron chi connectivity index (χ0n) is 17.3. The van der Waals surface area contributed by atoms with Crippen molar-refractivity contribution in [2.24, 2.45) is 0 Å². The van der Waals surface area contributed by atoms with Gasteiger partial charge >= 0.3 is 6.09 Å². The van der Waals surface area contributed by atoms with Gasteiger partial charge in [-0.2, -0.15) is 5.10 Å². The molecule has 9 heteroatoms. The third-order valence-electron chi connectivity index (χ3n) is 5.62. The molecule has 9 nitrogen and oxygen atoms in total. The minimum Gasteiger partial charge on any atom is -0.446 e. The van der Waals surface area contributed by atoms with E-state index in [9.17, 15) is 9.59 Å². The number of hydrogen-bond acceptors (Lipinski definition) is 6. The van der Waals surface area contributed by atoms with E-state index in [0.29, 0.717) is 36.8 Å². The third-order valence-corrected chi connectivity index (χ3v) is 5.62. The molecule has 0 saturated heterocycles. The highest BCUT2D eigenvalue weighted by Crippen LogP contribution is 2.36. The summed E-state index contributed by atoms with van der Waals surface area (Å²) in [5.74, 6) is 1.41. The SMILES string of the molecule is CC(C)c1ccc2nc1C(=O)NCCCNC(=O)O[C@@H]1CC[C@@H](C1)c1cc(n[nH]1)N2. The van der Waals surface area contributed by atoms with Crippen LogP contribution in [0.25, 0.3) is 0 Å². The minimum atomic E-state index is -0.406. The molecular formula is C21H28N6O3. The normalized spacial score (nSPS) is 22.4. The molecule has 0 radical (unpaired) electrons. The van der Waals surface area contributed by atoms with Crippen LogP contribution < -0.4 is 16.0 Å². The number of nitrogens with one attached hydrogen (secondary N) is 4. The molecule has 2 aromatic heterocycles. The molecule has 160 valence electrons. The van der Waals surface area contributed by atoms with E-state index in [-0.39, 0.29) is 23.8 Å². The topological polar surface area (TPSA) is 121 Å². The number of nitrogens with zero attached hydrogens (tertiary/aromatic N) is 2. The molecular weight excluding hydrogens is 384 g/mol. The Bertz CT molecular complexity index is 925. The highest BCUT2D eigenvalue weighted by Gasteiger charge is 2.30. The molecule has 1 aliphatic heterocycles. The van der Waals surface area contributed by atoms with E-state index in [0.717, 1.165) is 30.5 Å². The van der Waals surface area contributed by atoms with E-state index in [4.69, 9.17) is 4.74 Å². The van der Waals surface area contributed by atoms with Crippen molar-refractivity contribution < 1.29 is 14.3 Å². The Morgan fingerprint density at radius 1 is 1.10 bits per heavy atom. The maximum atomic E-state index is 12.7. The van der Waals surface area contributed by atoms with Gasteiger partial charge in [0.25, 0.3) is 5.91 Å². The molecule has 2 aromatic rings. The van der Waals surface area contributed by atoms with Crippen molar-refractivity contribution in [2.75, 3.05) is 18.4 Å². The maximum absolute atomic E-state index is 12.7. The highest BCUT2D eigenvalue weighted by molar-refractivity contribution is 5.94. The Balaban J connectivity index is 1.60. The molecule has 0 aromatic carbocycles. The van der Waals surface area contributed by atoms with Gasteiger partial charge in [0, 0.05) is 30.8 Å². The van der Waals surface area contributed by atoms with Crippen LogP contribution in [0.4, 0.5) is 16.4 Å². The second kappa shape index (κ2) is 8.73. The average Bonchev–Trinajstić information content (AvgIpc) is 3.36. The molecule has 0 spiro atoms. The number of rotatable bonds is 1. The standard InChI is InChI=1S/C21H28N6O3/c1-12(2)15-6-7-17-24-18-11-16(26-27-18)13-4-5-14(10-13)30-21(29)23-9-3-8-22-20(28)19(15)25-17/h6-7,11-14H,3-5,8-10H2,1-2H3,(H,22,28)(H,23,29)(H2,24,25,26,27)/t13-,14+/m0/s1. The Labute approximate surface area is 175 Å². The maximum Gasteiger partial charge on any atom is 0.407 e. The predicted octanol–water partition coefficient (Wildman–Crippen LogP) is 3.17. The summed E-state index contributed by atoms with van der Waals surface area (Å²) in [6.07, 6.45) is 2.64. The lowest BCUT2D eigenvalue weighted by molar-refractivity contribution is 0.0946. The van der Waals surface area contributed by atoms with Crippen molar-refractivity contribution in [1.29, 1.82) is 0 Å². The number of aromatic nitrogens is 3. The van der Waals surface area contributed by atoms with Crippen LogP contribution in [0, 0.1) is 0 Å². The molecule has 1 saturated carbocycles. The van der Waals surface area contributed by atoms with E-state index in [1.807, 2.05) is 32.0 Å². The smallest absolute Gasteiger partial charge is 0.407 e. The van der Waals surface area contributed by atoms with E-state index < -0.39 is 6.09 Å². The van der Waals surface area contributed by atoms with Gasteiger partial charge in [0.2, 0.25) is 0 Å². The van der Waals surface area contributed by atoms with Crippen molar-refractivity contribution >= 4 is 23.6 Å². The molecule has 4 rings (SSSR count). The Hall–Kier alpha value is -3.10. The van der Waals surface area contributed by atoms with Gasteiger partial charge in [-0.05, 0) is 43.2 Å². The first-order valence-corrected chi connectivity index (χ1v) is 10.6. The zero-order chi connectivity index (χ0) is 21.1. The fourth-order valence-corrected chi connectivity index (χ4v) is 4.02. The number of fused-ring (bicyclic) bond motifs is 7. The second-order valence-electron chi connectivity index (χ2n) is 8.20. The lowest BCUT2D eigenvalue weighted by Gasteiger charge is -2.15. The monoisotopic (exact) mass is 412 g/mol. The van der Waals surface area contributed by atoms with E-state index in [1.54, 1.807) is 0 Å². The van der Waals surface area contributed by atoms with Crippen LogP contribution in [-0.4, -0.2) is 46.4 Å². The fourth-order valence-electron chi connectivity index (χ4n) is 4.02. The first-order chi connectivity index (χ1) is 14.5. The van der Waals surface area contributed by atoms with Crippen LogP contribution in [0.2, 0.25) is 0 Å². The molecule has 0 unspecified atom stereocenters. The van der Waals surface area contributed by atoms with Gasteiger partial charge in [-0.3, -0.25) is 9.89 Å². The summed E-state index contributed by atoms with van der Waals surface area (Å²) < 4.78 is 5.53. The number of carbonyl (C=O) groups is 2. The Kier molecular flexibility index (Phi) is 5.87. The van der Waals surface area contributed by atoms with E-state index in [1.165, 1.54) is 0 Å². The van der Waals surface area contributed by atoms with Crippen molar-refractivity contribution in [3.63, 3.8) is 0 Å². The average molecular weight is 412 g/mol. The minimum absolute atomic E-state index is 0.0962. The lowest BCUT2D eigenvalue weighted by atomic mass is 10.0. The molecule has 1 aliphatic carbocycles. The van der Waals surface area contributed by atoms with Crippen molar-refractivity contribution in [2.45, 2.75) is 57.5 Å². The molecule has 1 fully saturated rings. The third kappa shape index (κ3) is 4.55. The molecule has 2 amide bonds. The van der Waals surface area contributed by atoms with Crippen molar-refractivity contribution in [1.82, 2.24) is 25.8 Å². The van der Waals surface area contributed by atoms with Gasteiger partial charge in [-0.1, -0.05) is 19.9 Å². The first kappa shape index (κ1) is 20.2. The van der Waals surface area contributed by atoms with Crippen molar-refractivity contribution in [3.8, 4) is 0 Å². The summed E-state index contributed by atoms with van der Waals surface area (Å²) in [6.45, 7) is 4.93. The van der Waals surface area contributed by atoms with Gasteiger partial charge < -0.3 is 20.7 Å². The second-order valence-corrected chi connectivity index (χ2v) is 8.20. The molecule has 3 heterocycles. The summed E-state index contributed by atoms with van der Waals surface area (Å²) in [4.78, 5) is 29.3. The number of amides is 2. The van der Waals surface area contributed by atoms with Gasteiger partial charge in [-0.25, -0.2) is 9.78 Å². The number of ether oxygens (including phenoxy) is 1. The number of alkyl carbamates (subject to hydrolysis) is 1. The summed E-state index contributed by atoms with van der Waals surface area (Å²) in [6, 6.07) is 5.75. The molecule has 30 heavy (non-hydrogen) atoms. The van der Waals surface area contributed by atoms with Crippen LogP contribution in [0.5, 0.6) is 0 Å². The fraction of sp³-hybridized carbons (Fsp3) is 0.524. The number of carbonyl (C=O) groups excluding carboxylic acids is 2. The van der Waals surface area contributed by atoms with Gasteiger partial charge in [0.1, 0.15) is 17.6 Å². The summed E-state index contributed by atoms with van der Waals surface area (Å²) in [5, 5.41) is 16.3. The molecule has 2 aliphatic rings. The number of aromatic amines is 1. The number of pyridine rings is 1. The largest absolute Gasteiger partial charge is 0.446 e. The summed E-state index contributed by atoms with van der Waals surface area (Å²) in [7, 11) is 0. The summed E-state index contributed by atoms with van der Waals surface area (Å²) >= 11 is 0. The van der Waals surface area contributed by atoms with Crippen LogP contribution in [0.3, 0.4) is 0 Å². The van der Waals surface area contributed by atoms with Gasteiger partial charge in [-0.15, -0.1) is 0 Å². The first-order valence-electron chi connectivity index (χ1n) is 10.6. The van der Waals surface area contributed by atoms with E-state index in [2.05, 4.69) is 31.1 Å². The predicted molar refractivity (Wildman–Crippen MR) is 112 cm³/mol. The quantitative estimate of drug-likeness (QED) is 0.571. The van der Waals surface area contributed by atoms with Crippen LogP contribution >= 0.6 is 0 Å². The zero-order valence-corrected chi connectivity index (χ0v) is 17.3. The Morgan fingerprint density at radius 2 is 1.93 bits per heavy atom. The number of hydrogen-bond donors (Lipinski definition) is 4. The van der Waals surface area contributed by atoms with E-state index >= 15 is 0 Å². The van der Waals surface area contributed by atoms with Crippen LogP contribution in [0.1, 0.15) is 73.1 Å². The molecule has 4 N–H and O–H groups in total. The van der Waals surface area contributed by atoms with Crippen LogP contribution in [0.15, 0.2) is 18.2 Å². The highest BCUT2D eigenvalue weighted by atomic mass is 16.6. The number of H-pyrrole nitrogens is 1. The molecule has 2 atom stereocenters. The van der Waals surface area contributed by atoms with Gasteiger partial charge in [0.15, 0.2) is 5.82 Å². The van der Waals surface area contributed by atoms with Crippen LogP contribution in [-0.2, 0) is 4.74 Å².